The van der Waals surface area contributed by atoms with Crippen molar-refractivity contribution < 1.29 is 35.4 Å². The summed E-state index contributed by atoms with van der Waals surface area (Å²) >= 11 is 0. The van der Waals surface area contributed by atoms with Crippen LogP contribution in [0.4, 0.5) is 11.4 Å². The summed E-state index contributed by atoms with van der Waals surface area (Å²) in [4.78, 5) is 0. The van der Waals surface area contributed by atoms with Crippen LogP contribution in [-0.4, -0.2) is 74.4 Å². The Hall–Kier alpha value is -2.40. The van der Waals surface area contributed by atoms with E-state index in [9.17, 15) is 20.4 Å². The van der Waals surface area contributed by atoms with Crippen molar-refractivity contribution in [2.45, 2.75) is 56.7 Å². The van der Waals surface area contributed by atoms with Crippen LogP contribution in [0.25, 0.3) is 0 Å². The predicted molar refractivity (Wildman–Crippen MR) is 118 cm³/mol. The van der Waals surface area contributed by atoms with Crippen LogP contribution < -0.4 is 4.74 Å². The number of aliphatic hydroxyl groups excluding tert-OH is 6. The molecule has 0 bridgehead atoms. The quantitative estimate of drug-likeness (QED) is 0.254. The van der Waals surface area contributed by atoms with Gasteiger partial charge >= 0.3 is 0 Å². The van der Waals surface area contributed by atoms with E-state index in [4.69, 9.17) is 14.9 Å². The molecule has 0 amide bonds. The lowest BCUT2D eigenvalue weighted by atomic mass is 9.98. The van der Waals surface area contributed by atoms with Crippen molar-refractivity contribution in [3.63, 3.8) is 0 Å². The first-order valence-electron chi connectivity index (χ1n) is 10.6. The van der Waals surface area contributed by atoms with Crippen LogP contribution in [0.1, 0.15) is 25.3 Å². The van der Waals surface area contributed by atoms with E-state index in [1.54, 1.807) is 24.3 Å². The van der Waals surface area contributed by atoms with Crippen molar-refractivity contribution in [1.29, 1.82) is 0 Å². The Kier molecular flexibility index (Phi) is 10.7. The van der Waals surface area contributed by atoms with E-state index < -0.39 is 43.7 Å². The Bertz CT molecular complexity index is 796. The highest BCUT2D eigenvalue weighted by Gasteiger charge is 2.32. The van der Waals surface area contributed by atoms with Gasteiger partial charge in [-0.2, -0.15) is 10.2 Å². The van der Waals surface area contributed by atoms with Gasteiger partial charge in [0.15, 0.2) is 6.10 Å². The van der Waals surface area contributed by atoms with E-state index in [2.05, 4.69) is 17.2 Å². The van der Waals surface area contributed by atoms with Crippen LogP contribution in [0.3, 0.4) is 0 Å². The maximum Gasteiger partial charge on any atom is 0.150 e. The minimum Gasteiger partial charge on any atom is -0.485 e. The lowest BCUT2D eigenvalue weighted by molar-refractivity contribution is -0.0797. The SMILES string of the molecule is CCc1ccc(N=Nc2ccc(OC(C(O)CC(O)CO)C(O)CC(O)CO)cc2)cc1. The van der Waals surface area contributed by atoms with Crippen LogP contribution in [0.5, 0.6) is 5.75 Å². The molecule has 6 N–H and O–H groups in total. The number of hydrogen-bond acceptors (Lipinski definition) is 9. The van der Waals surface area contributed by atoms with Crippen LogP contribution >= 0.6 is 0 Å². The van der Waals surface area contributed by atoms with Gasteiger partial charge in [0.2, 0.25) is 0 Å². The largest absolute Gasteiger partial charge is 0.485 e. The van der Waals surface area contributed by atoms with Crippen molar-refractivity contribution >= 4 is 11.4 Å². The van der Waals surface area contributed by atoms with Crippen molar-refractivity contribution in [2.75, 3.05) is 13.2 Å². The predicted octanol–water partition coefficient (Wildman–Crippen LogP) is 1.62. The van der Waals surface area contributed by atoms with Gasteiger partial charge in [0.1, 0.15) is 5.75 Å². The molecule has 0 aliphatic heterocycles. The van der Waals surface area contributed by atoms with E-state index in [0.29, 0.717) is 11.4 Å². The van der Waals surface area contributed by atoms with Crippen molar-refractivity contribution in [1.82, 2.24) is 0 Å². The number of hydrogen-bond donors (Lipinski definition) is 6. The number of aryl methyl sites for hydroxylation is 1. The maximum atomic E-state index is 10.4. The zero-order valence-electron chi connectivity index (χ0n) is 18.0. The molecule has 0 aliphatic rings. The minimum atomic E-state index is -1.33. The zero-order chi connectivity index (χ0) is 23.5. The highest BCUT2D eigenvalue weighted by Crippen LogP contribution is 2.24. The molecule has 0 saturated heterocycles. The van der Waals surface area contributed by atoms with E-state index in [0.717, 1.165) is 12.1 Å². The fourth-order valence-corrected chi connectivity index (χ4v) is 3.05. The molecule has 0 saturated carbocycles. The van der Waals surface area contributed by atoms with E-state index in [-0.39, 0.29) is 12.8 Å². The maximum absolute atomic E-state index is 10.4. The molecule has 0 aromatic heterocycles. The smallest absolute Gasteiger partial charge is 0.150 e. The molecule has 4 atom stereocenters. The summed E-state index contributed by atoms with van der Waals surface area (Å²) in [5, 5.41) is 66.4. The second-order valence-electron chi connectivity index (χ2n) is 7.58. The van der Waals surface area contributed by atoms with Crippen LogP contribution in [0, 0.1) is 0 Å². The van der Waals surface area contributed by atoms with Crippen LogP contribution in [-0.2, 0) is 6.42 Å². The Morgan fingerprint density at radius 2 is 1.16 bits per heavy atom. The molecule has 32 heavy (non-hydrogen) atoms. The topological polar surface area (TPSA) is 155 Å². The summed E-state index contributed by atoms with van der Waals surface area (Å²) in [5.74, 6) is 0.316. The average Bonchev–Trinajstić information content (AvgIpc) is 2.81. The molecule has 9 nitrogen and oxygen atoms in total. The number of ether oxygens (including phenoxy) is 1. The fourth-order valence-electron chi connectivity index (χ4n) is 3.05. The molecular formula is C23H32N2O7. The summed E-state index contributed by atoms with van der Waals surface area (Å²) in [7, 11) is 0. The van der Waals surface area contributed by atoms with Gasteiger partial charge in [0.25, 0.3) is 0 Å². The highest BCUT2D eigenvalue weighted by molar-refractivity contribution is 5.43. The highest BCUT2D eigenvalue weighted by atomic mass is 16.5. The molecule has 2 rings (SSSR count). The average molecular weight is 449 g/mol. The molecule has 0 aliphatic carbocycles. The van der Waals surface area contributed by atoms with Gasteiger partial charge < -0.3 is 35.4 Å². The molecule has 176 valence electrons. The van der Waals surface area contributed by atoms with Crippen molar-refractivity contribution in [2.24, 2.45) is 10.2 Å². The van der Waals surface area contributed by atoms with Gasteiger partial charge in [-0.1, -0.05) is 19.1 Å². The fraction of sp³-hybridized carbons (Fsp3) is 0.478. The first-order valence-corrected chi connectivity index (χ1v) is 10.6. The Morgan fingerprint density at radius 3 is 1.56 bits per heavy atom. The molecule has 0 heterocycles. The summed E-state index contributed by atoms with van der Waals surface area (Å²) < 4.78 is 5.71. The second-order valence-corrected chi connectivity index (χ2v) is 7.58. The molecule has 2 aromatic carbocycles. The number of benzene rings is 2. The van der Waals surface area contributed by atoms with Crippen LogP contribution in [0.2, 0.25) is 0 Å². The summed E-state index contributed by atoms with van der Waals surface area (Å²) in [6.07, 6.45) is -5.79. The van der Waals surface area contributed by atoms with E-state index in [1.807, 2.05) is 24.3 Å². The minimum absolute atomic E-state index is 0.240. The van der Waals surface area contributed by atoms with Gasteiger partial charge in [0.05, 0.1) is 49.0 Å². The molecule has 4 unspecified atom stereocenters. The third kappa shape index (κ3) is 8.27. The Balaban J connectivity index is 2.08. The lowest BCUT2D eigenvalue weighted by Crippen LogP contribution is -2.45. The summed E-state index contributed by atoms with van der Waals surface area (Å²) in [6, 6.07) is 14.2. The van der Waals surface area contributed by atoms with Gasteiger partial charge in [0, 0.05) is 12.8 Å². The third-order valence-corrected chi connectivity index (χ3v) is 4.94. The van der Waals surface area contributed by atoms with Gasteiger partial charge in [-0.25, -0.2) is 0 Å². The number of nitrogens with zero attached hydrogens (tertiary/aromatic N) is 2. The number of azo groups is 1. The lowest BCUT2D eigenvalue weighted by Gasteiger charge is -2.30. The molecule has 9 heteroatoms. The number of aliphatic hydroxyl groups is 6. The summed E-state index contributed by atoms with van der Waals surface area (Å²) in [5.41, 5.74) is 2.50. The Morgan fingerprint density at radius 1 is 0.719 bits per heavy atom. The zero-order valence-corrected chi connectivity index (χ0v) is 18.0. The van der Waals surface area contributed by atoms with Crippen molar-refractivity contribution in [3.05, 3.63) is 54.1 Å². The third-order valence-electron chi connectivity index (χ3n) is 4.94. The monoisotopic (exact) mass is 448 g/mol. The van der Waals surface area contributed by atoms with Gasteiger partial charge in [-0.3, -0.25) is 0 Å². The van der Waals surface area contributed by atoms with E-state index >= 15 is 0 Å². The normalized spacial score (nSPS) is 16.5. The second kappa shape index (κ2) is 13.2. The van der Waals surface area contributed by atoms with Crippen molar-refractivity contribution in [3.8, 4) is 5.75 Å². The summed E-state index contributed by atoms with van der Waals surface area (Å²) in [6.45, 7) is 0.965. The van der Waals surface area contributed by atoms with Gasteiger partial charge in [-0.05, 0) is 48.4 Å². The standard InChI is InChI=1S/C23H32N2O7/c1-2-15-3-5-16(6-4-15)24-25-17-7-9-20(10-8-17)32-23(21(30)11-18(28)13-26)22(31)12-19(29)14-27/h3-10,18-19,21-23,26-31H,2,11-14H2,1H3. The van der Waals surface area contributed by atoms with Gasteiger partial charge in [-0.15, -0.1) is 0 Å². The first-order chi connectivity index (χ1) is 15.4. The number of rotatable bonds is 13. The molecule has 0 spiro atoms. The first kappa shape index (κ1) is 25.9. The molecular weight excluding hydrogens is 416 g/mol. The van der Waals surface area contributed by atoms with E-state index in [1.165, 1.54) is 5.56 Å². The Labute approximate surface area is 187 Å². The molecule has 0 fully saturated rings. The van der Waals surface area contributed by atoms with Crippen LogP contribution in [0.15, 0.2) is 58.8 Å². The molecule has 0 radical (unpaired) electrons. The molecule has 2 aromatic rings.